The second-order valence-electron chi connectivity index (χ2n) is 5.65. The predicted molar refractivity (Wildman–Crippen MR) is 76.5 cm³/mol. The molecular weight excluding hydrogens is 208 g/mol. The fourth-order valence-corrected chi connectivity index (χ4v) is 2.20. The normalized spacial score (nSPS) is 15.7. The van der Waals surface area contributed by atoms with Crippen LogP contribution in [0.5, 0.6) is 0 Å². The molecule has 2 heteroatoms. The van der Waals surface area contributed by atoms with Crippen molar-refractivity contribution in [1.29, 1.82) is 0 Å². The minimum Gasteiger partial charge on any atom is -0.314 e. The SMILES string of the molecule is CCCCCN(C)CCCCCCNC1CC1. The van der Waals surface area contributed by atoms with Crippen LogP contribution in [0.4, 0.5) is 0 Å². The second kappa shape index (κ2) is 9.90. The molecule has 0 aliphatic heterocycles. The molecule has 2 nitrogen and oxygen atoms in total. The summed E-state index contributed by atoms with van der Waals surface area (Å²) in [5, 5.41) is 3.58. The van der Waals surface area contributed by atoms with Gasteiger partial charge in [0.15, 0.2) is 0 Å². The summed E-state index contributed by atoms with van der Waals surface area (Å²) in [5.41, 5.74) is 0. The molecule has 1 N–H and O–H groups in total. The molecule has 1 fully saturated rings. The van der Waals surface area contributed by atoms with E-state index in [1.807, 2.05) is 0 Å². The standard InChI is InChI=1S/C15H32N2/c1-3-4-8-13-17(2)14-9-6-5-7-12-16-15-10-11-15/h15-16H,3-14H2,1-2H3. The molecule has 0 spiro atoms. The van der Waals surface area contributed by atoms with Gasteiger partial charge in [-0.25, -0.2) is 0 Å². The lowest BCUT2D eigenvalue weighted by molar-refractivity contribution is 0.316. The lowest BCUT2D eigenvalue weighted by atomic mass is 10.2. The van der Waals surface area contributed by atoms with Crippen LogP contribution in [0.15, 0.2) is 0 Å². The Kier molecular flexibility index (Phi) is 8.72. The highest BCUT2D eigenvalue weighted by molar-refractivity contribution is 4.80. The highest BCUT2D eigenvalue weighted by Gasteiger charge is 2.19. The third-order valence-electron chi connectivity index (χ3n) is 3.62. The number of unbranched alkanes of at least 4 members (excludes halogenated alkanes) is 5. The Hall–Kier alpha value is -0.0800. The average Bonchev–Trinajstić information content (AvgIpc) is 3.12. The molecule has 0 unspecified atom stereocenters. The van der Waals surface area contributed by atoms with Gasteiger partial charge in [-0.1, -0.05) is 32.6 Å². The summed E-state index contributed by atoms with van der Waals surface area (Å²) in [7, 11) is 2.27. The number of rotatable bonds is 12. The molecule has 1 saturated carbocycles. The van der Waals surface area contributed by atoms with Crippen LogP contribution in [-0.4, -0.2) is 37.6 Å². The first-order chi connectivity index (χ1) is 8.33. The Morgan fingerprint density at radius 1 is 0.941 bits per heavy atom. The zero-order valence-corrected chi connectivity index (χ0v) is 12.0. The van der Waals surface area contributed by atoms with Crippen molar-refractivity contribution in [3.8, 4) is 0 Å². The Morgan fingerprint density at radius 2 is 1.59 bits per heavy atom. The highest BCUT2D eigenvalue weighted by atomic mass is 15.1. The number of hydrogen-bond acceptors (Lipinski definition) is 2. The zero-order valence-electron chi connectivity index (χ0n) is 12.0. The number of nitrogens with zero attached hydrogens (tertiary/aromatic N) is 1. The first-order valence-electron chi connectivity index (χ1n) is 7.75. The third-order valence-corrected chi connectivity index (χ3v) is 3.62. The van der Waals surface area contributed by atoms with Gasteiger partial charge in [0.1, 0.15) is 0 Å². The quantitative estimate of drug-likeness (QED) is 0.526. The molecular formula is C15H32N2. The molecule has 1 aliphatic carbocycles. The van der Waals surface area contributed by atoms with E-state index in [4.69, 9.17) is 0 Å². The van der Waals surface area contributed by atoms with Crippen LogP contribution >= 0.6 is 0 Å². The first-order valence-corrected chi connectivity index (χ1v) is 7.75. The van der Waals surface area contributed by atoms with Gasteiger partial charge in [0.25, 0.3) is 0 Å². The minimum absolute atomic E-state index is 0.889. The molecule has 0 radical (unpaired) electrons. The van der Waals surface area contributed by atoms with Gasteiger partial charge in [-0.3, -0.25) is 0 Å². The maximum Gasteiger partial charge on any atom is 0.00682 e. The van der Waals surface area contributed by atoms with Gasteiger partial charge in [-0.2, -0.15) is 0 Å². The van der Waals surface area contributed by atoms with Gasteiger partial charge < -0.3 is 10.2 Å². The molecule has 0 aromatic heterocycles. The van der Waals surface area contributed by atoms with Gasteiger partial charge in [0, 0.05) is 6.04 Å². The lowest BCUT2D eigenvalue weighted by Crippen LogP contribution is -2.21. The van der Waals surface area contributed by atoms with E-state index in [1.54, 1.807) is 0 Å². The molecule has 0 atom stereocenters. The molecule has 1 aliphatic rings. The number of hydrogen-bond donors (Lipinski definition) is 1. The summed E-state index contributed by atoms with van der Waals surface area (Å²) < 4.78 is 0. The lowest BCUT2D eigenvalue weighted by Gasteiger charge is -2.15. The molecule has 0 saturated heterocycles. The van der Waals surface area contributed by atoms with Gasteiger partial charge in [-0.15, -0.1) is 0 Å². The summed E-state index contributed by atoms with van der Waals surface area (Å²) in [6, 6.07) is 0.889. The fourth-order valence-electron chi connectivity index (χ4n) is 2.20. The molecule has 0 bridgehead atoms. The molecule has 102 valence electrons. The fraction of sp³-hybridized carbons (Fsp3) is 1.00. The second-order valence-corrected chi connectivity index (χ2v) is 5.65. The van der Waals surface area contributed by atoms with Crippen molar-refractivity contribution in [1.82, 2.24) is 10.2 Å². The maximum atomic E-state index is 3.58. The van der Waals surface area contributed by atoms with Crippen LogP contribution in [0, 0.1) is 0 Å². The van der Waals surface area contributed by atoms with Crippen molar-refractivity contribution in [2.75, 3.05) is 26.7 Å². The highest BCUT2D eigenvalue weighted by Crippen LogP contribution is 2.18. The smallest absolute Gasteiger partial charge is 0.00682 e. The van der Waals surface area contributed by atoms with Crippen LogP contribution in [0.3, 0.4) is 0 Å². The Bertz CT molecular complexity index is 166. The maximum absolute atomic E-state index is 3.58. The monoisotopic (exact) mass is 240 g/mol. The van der Waals surface area contributed by atoms with Gasteiger partial charge in [0.05, 0.1) is 0 Å². The van der Waals surface area contributed by atoms with E-state index in [0.29, 0.717) is 0 Å². The van der Waals surface area contributed by atoms with Crippen LogP contribution in [-0.2, 0) is 0 Å². The summed E-state index contributed by atoms with van der Waals surface area (Å²) in [5.74, 6) is 0. The molecule has 0 amide bonds. The summed E-state index contributed by atoms with van der Waals surface area (Å²) in [4.78, 5) is 2.50. The Labute approximate surface area is 108 Å². The molecule has 0 aromatic rings. The van der Waals surface area contributed by atoms with Crippen molar-refractivity contribution in [3.63, 3.8) is 0 Å². The molecule has 0 heterocycles. The van der Waals surface area contributed by atoms with E-state index >= 15 is 0 Å². The van der Waals surface area contributed by atoms with Crippen molar-refractivity contribution >= 4 is 0 Å². The van der Waals surface area contributed by atoms with E-state index in [2.05, 4.69) is 24.2 Å². The Balaban J connectivity index is 1.72. The van der Waals surface area contributed by atoms with Crippen LogP contribution in [0.25, 0.3) is 0 Å². The molecule has 17 heavy (non-hydrogen) atoms. The van der Waals surface area contributed by atoms with Crippen LogP contribution in [0.1, 0.15) is 64.7 Å². The van der Waals surface area contributed by atoms with Crippen LogP contribution in [0.2, 0.25) is 0 Å². The van der Waals surface area contributed by atoms with Crippen molar-refractivity contribution in [3.05, 3.63) is 0 Å². The van der Waals surface area contributed by atoms with Gasteiger partial charge in [-0.05, 0) is 58.8 Å². The Morgan fingerprint density at radius 3 is 2.24 bits per heavy atom. The van der Waals surface area contributed by atoms with E-state index < -0.39 is 0 Å². The first kappa shape index (κ1) is 15.0. The van der Waals surface area contributed by atoms with E-state index in [-0.39, 0.29) is 0 Å². The van der Waals surface area contributed by atoms with Crippen molar-refractivity contribution < 1.29 is 0 Å². The van der Waals surface area contributed by atoms with Crippen LogP contribution < -0.4 is 5.32 Å². The zero-order chi connectivity index (χ0) is 12.3. The topological polar surface area (TPSA) is 15.3 Å². The summed E-state index contributed by atoms with van der Waals surface area (Å²) in [6.45, 7) is 6.10. The predicted octanol–water partition coefficient (Wildman–Crippen LogP) is 3.42. The average molecular weight is 240 g/mol. The van der Waals surface area contributed by atoms with Crippen molar-refractivity contribution in [2.24, 2.45) is 0 Å². The van der Waals surface area contributed by atoms with Crippen molar-refractivity contribution in [2.45, 2.75) is 70.8 Å². The molecule has 0 aromatic carbocycles. The molecule has 1 rings (SSSR count). The van der Waals surface area contributed by atoms with Gasteiger partial charge >= 0.3 is 0 Å². The summed E-state index contributed by atoms with van der Waals surface area (Å²) in [6.07, 6.45) is 12.5. The largest absolute Gasteiger partial charge is 0.314 e. The van der Waals surface area contributed by atoms with E-state index in [9.17, 15) is 0 Å². The van der Waals surface area contributed by atoms with Gasteiger partial charge in [0.2, 0.25) is 0 Å². The van der Waals surface area contributed by atoms with E-state index in [1.165, 1.54) is 77.4 Å². The minimum atomic E-state index is 0.889. The van der Waals surface area contributed by atoms with E-state index in [0.717, 1.165) is 6.04 Å². The third kappa shape index (κ3) is 9.61. The summed E-state index contributed by atoms with van der Waals surface area (Å²) >= 11 is 0. The number of nitrogens with one attached hydrogen (secondary N) is 1.